The van der Waals surface area contributed by atoms with Crippen LogP contribution in [0.25, 0.3) is 0 Å². The molecule has 0 radical (unpaired) electrons. The van der Waals surface area contributed by atoms with E-state index in [9.17, 15) is 9.59 Å². The maximum Gasteiger partial charge on any atom is 0.261 e. The van der Waals surface area contributed by atoms with E-state index in [0.29, 0.717) is 11.1 Å². The minimum atomic E-state index is -0.228. The van der Waals surface area contributed by atoms with Gasteiger partial charge in [0.05, 0.1) is 17.7 Å². The van der Waals surface area contributed by atoms with Crippen molar-refractivity contribution in [1.82, 2.24) is 4.90 Å². The Hall–Kier alpha value is -2.85. The number of amides is 2. The van der Waals surface area contributed by atoms with Crippen LogP contribution in [0.4, 0.5) is 0 Å². The zero-order chi connectivity index (χ0) is 18.5. The third kappa shape index (κ3) is 3.70. The second-order valence-electron chi connectivity index (χ2n) is 5.86. The molecule has 0 N–H and O–H groups in total. The van der Waals surface area contributed by atoms with E-state index in [1.54, 1.807) is 42.1 Å². The molecule has 0 saturated carbocycles. The molecule has 0 aliphatic carbocycles. The maximum atomic E-state index is 12.4. The van der Waals surface area contributed by atoms with Crippen molar-refractivity contribution in [3.8, 4) is 0 Å². The topological polar surface area (TPSA) is 37.4 Å². The number of nitrogens with zero attached hydrogens (tertiary/aromatic N) is 1. The molecule has 2 amide bonds. The van der Waals surface area contributed by atoms with Crippen LogP contribution in [0.15, 0.2) is 90.4 Å². The molecule has 0 atom stereocenters. The molecule has 3 rings (SSSR count). The van der Waals surface area contributed by atoms with Gasteiger partial charge in [-0.3, -0.25) is 14.5 Å². The summed E-state index contributed by atoms with van der Waals surface area (Å²) in [6.07, 6.45) is 5.52. The molecule has 0 unspecified atom stereocenters. The summed E-state index contributed by atoms with van der Waals surface area (Å²) in [5.41, 5.74) is 3.00. The summed E-state index contributed by atoms with van der Waals surface area (Å²) >= 11 is 1.70. The Morgan fingerprint density at radius 1 is 0.962 bits per heavy atom. The molecule has 2 aromatic rings. The van der Waals surface area contributed by atoms with Crippen LogP contribution in [-0.2, 0) is 6.54 Å². The number of hydrogen-bond donors (Lipinski definition) is 0. The summed E-state index contributed by atoms with van der Waals surface area (Å²) in [6, 6.07) is 14.9. The van der Waals surface area contributed by atoms with Gasteiger partial charge >= 0.3 is 0 Å². The number of benzene rings is 2. The number of rotatable bonds is 7. The molecule has 0 spiro atoms. The highest BCUT2D eigenvalue weighted by atomic mass is 32.2. The van der Waals surface area contributed by atoms with E-state index >= 15 is 0 Å². The lowest BCUT2D eigenvalue weighted by Gasteiger charge is -2.14. The van der Waals surface area contributed by atoms with Crippen molar-refractivity contribution in [2.24, 2.45) is 0 Å². The number of carbonyl (C=O) groups is 2. The maximum absolute atomic E-state index is 12.4. The first kappa shape index (κ1) is 18.0. The van der Waals surface area contributed by atoms with Crippen LogP contribution in [0.2, 0.25) is 0 Å². The zero-order valence-electron chi connectivity index (χ0n) is 14.4. The number of allylic oxidation sites excluding steroid dienone is 3. The van der Waals surface area contributed by atoms with Gasteiger partial charge in [0.25, 0.3) is 11.8 Å². The Bertz CT molecular complexity index is 862. The molecule has 2 aromatic carbocycles. The number of thioether (sulfide) groups is 1. The zero-order valence-corrected chi connectivity index (χ0v) is 15.2. The Morgan fingerprint density at radius 2 is 1.58 bits per heavy atom. The van der Waals surface area contributed by atoms with Crippen molar-refractivity contribution in [2.45, 2.75) is 11.4 Å². The van der Waals surface area contributed by atoms with Crippen molar-refractivity contribution in [3.63, 3.8) is 0 Å². The van der Waals surface area contributed by atoms with Crippen LogP contribution in [0, 0.1) is 0 Å². The molecule has 0 saturated heterocycles. The van der Waals surface area contributed by atoms with E-state index < -0.39 is 0 Å². The van der Waals surface area contributed by atoms with Crippen LogP contribution in [0.5, 0.6) is 0 Å². The SMILES string of the molecule is C=C/C=C(\C=C)CSc1ccc(CN2C(=O)c3ccccc3C2=O)cc1. The summed E-state index contributed by atoms with van der Waals surface area (Å²) in [5.74, 6) is 0.358. The lowest BCUT2D eigenvalue weighted by Crippen LogP contribution is -2.29. The van der Waals surface area contributed by atoms with Crippen molar-refractivity contribution in [2.75, 3.05) is 5.75 Å². The van der Waals surface area contributed by atoms with Gasteiger partial charge in [0.15, 0.2) is 0 Å². The van der Waals surface area contributed by atoms with E-state index in [1.165, 1.54) is 4.90 Å². The van der Waals surface area contributed by atoms with Crippen molar-refractivity contribution < 1.29 is 9.59 Å². The van der Waals surface area contributed by atoms with Crippen LogP contribution in [0.3, 0.4) is 0 Å². The van der Waals surface area contributed by atoms with E-state index in [2.05, 4.69) is 13.2 Å². The number of imide groups is 1. The Balaban J connectivity index is 1.66. The predicted molar refractivity (Wildman–Crippen MR) is 106 cm³/mol. The highest BCUT2D eigenvalue weighted by Gasteiger charge is 2.34. The first-order valence-corrected chi connectivity index (χ1v) is 9.23. The van der Waals surface area contributed by atoms with Crippen LogP contribution in [0.1, 0.15) is 26.3 Å². The molecule has 4 heteroatoms. The molecule has 0 fully saturated rings. The normalized spacial score (nSPS) is 13.7. The highest BCUT2D eigenvalue weighted by Crippen LogP contribution is 2.26. The van der Waals surface area contributed by atoms with Gasteiger partial charge in [0, 0.05) is 10.6 Å². The van der Waals surface area contributed by atoms with Crippen molar-refractivity contribution in [3.05, 3.63) is 102 Å². The summed E-state index contributed by atoms with van der Waals surface area (Å²) in [4.78, 5) is 27.3. The Morgan fingerprint density at radius 3 is 2.12 bits per heavy atom. The minimum absolute atomic E-state index is 0.228. The highest BCUT2D eigenvalue weighted by molar-refractivity contribution is 7.99. The van der Waals surface area contributed by atoms with Crippen molar-refractivity contribution >= 4 is 23.6 Å². The molecule has 0 aromatic heterocycles. The third-order valence-electron chi connectivity index (χ3n) is 4.14. The number of fused-ring (bicyclic) bond motifs is 1. The fraction of sp³-hybridized carbons (Fsp3) is 0.0909. The first-order chi connectivity index (χ1) is 12.6. The number of hydrogen-bond acceptors (Lipinski definition) is 3. The average Bonchev–Trinajstić information content (AvgIpc) is 2.91. The summed E-state index contributed by atoms with van der Waals surface area (Å²) in [5, 5.41) is 0. The smallest absolute Gasteiger partial charge is 0.261 e. The molecular formula is C22H19NO2S. The fourth-order valence-corrected chi connectivity index (χ4v) is 3.63. The van der Waals surface area contributed by atoms with Gasteiger partial charge in [-0.1, -0.05) is 55.7 Å². The second kappa shape index (κ2) is 8.02. The van der Waals surface area contributed by atoms with Gasteiger partial charge in [-0.2, -0.15) is 0 Å². The monoisotopic (exact) mass is 361 g/mol. The van der Waals surface area contributed by atoms with Gasteiger partial charge in [0.1, 0.15) is 0 Å². The van der Waals surface area contributed by atoms with Gasteiger partial charge in [0.2, 0.25) is 0 Å². The molecule has 0 bridgehead atoms. The van der Waals surface area contributed by atoms with Gasteiger partial charge in [-0.05, 0) is 35.4 Å². The van der Waals surface area contributed by atoms with Gasteiger partial charge in [-0.15, -0.1) is 11.8 Å². The van der Waals surface area contributed by atoms with Gasteiger partial charge < -0.3 is 0 Å². The molecule has 26 heavy (non-hydrogen) atoms. The fourth-order valence-electron chi connectivity index (χ4n) is 2.75. The third-order valence-corrected chi connectivity index (χ3v) is 5.23. The molecular weight excluding hydrogens is 342 g/mol. The summed E-state index contributed by atoms with van der Waals surface area (Å²) < 4.78 is 0. The average molecular weight is 361 g/mol. The van der Waals surface area contributed by atoms with Crippen LogP contribution < -0.4 is 0 Å². The van der Waals surface area contributed by atoms with E-state index in [1.807, 2.05) is 36.4 Å². The molecule has 1 heterocycles. The lowest BCUT2D eigenvalue weighted by molar-refractivity contribution is 0.0642. The number of carbonyl (C=O) groups excluding carboxylic acids is 2. The predicted octanol–water partition coefficient (Wildman–Crippen LogP) is 4.87. The lowest BCUT2D eigenvalue weighted by atomic mass is 10.1. The molecule has 1 aliphatic heterocycles. The largest absolute Gasteiger partial charge is 0.270 e. The van der Waals surface area contributed by atoms with Gasteiger partial charge in [-0.25, -0.2) is 0 Å². The minimum Gasteiger partial charge on any atom is -0.270 e. The molecule has 1 aliphatic rings. The summed E-state index contributed by atoms with van der Waals surface area (Å²) in [7, 11) is 0. The quantitative estimate of drug-likeness (QED) is 0.401. The molecule has 3 nitrogen and oxygen atoms in total. The summed E-state index contributed by atoms with van der Waals surface area (Å²) in [6.45, 7) is 7.78. The van der Waals surface area contributed by atoms with E-state index in [4.69, 9.17) is 0 Å². The first-order valence-electron chi connectivity index (χ1n) is 8.25. The molecule has 130 valence electrons. The standard InChI is InChI=1S/C22H19NO2S/c1-3-7-16(4-2)15-26-18-12-10-17(11-13-18)14-23-21(24)19-8-5-6-9-20(19)22(23)25/h3-13H,1-2,14-15H2/b16-7+. The van der Waals surface area contributed by atoms with E-state index in [-0.39, 0.29) is 18.4 Å². The van der Waals surface area contributed by atoms with Crippen molar-refractivity contribution in [1.29, 1.82) is 0 Å². The second-order valence-corrected chi connectivity index (χ2v) is 6.90. The Kier molecular flexibility index (Phi) is 5.54. The van der Waals surface area contributed by atoms with Crippen LogP contribution >= 0.6 is 11.8 Å². The van der Waals surface area contributed by atoms with E-state index in [0.717, 1.165) is 21.8 Å². The Labute approximate surface area is 157 Å². The van der Waals surface area contributed by atoms with Crippen LogP contribution in [-0.4, -0.2) is 22.5 Å².